The molecule has 1 saturated carbocycles. The van der Waals surface area contributed by atoms with Gasteiger partial charge < -0.3 is 25.4 Å². The van der Waals surface area contributed by atoms with Gasteiger partial charge in [-0.05, 0) is 18.9 Å². The molecule has 1 aliphatic carbocycles. The average Bonchev–Trinajstić information content (AvgIpc) is 3.50. The van der Waals surface area contributed by atoms with E-state index in [1.165, 1.54) is 25.6 Å². The third-order valence-electron chi connectivity index (χ3n) is 5.86. The van der Waals surface area contributed by atoms with E-state index >= 15 is 0 Å². The van der Waals surface area contributed by atoms with E-state index in [2.05, 4.69) is 25.4 Å². The summed E-state index contributed by atoms with van der Waals surface area (Å²) < 4.78 is 8.80. The summed E-state index contributed by atoms with van der Waals surface area (Å²) in [5.41, 5.74) is 0.998. The highest BCUT2D eigenvalue weighted by atomic mass is 16.6. The van der Waals surface area contributed by atoms with E-state index in [4.69, 9.17) is 4.74 Å². The minimum Gasteiger partial charge on any atom is -0.394 e. The fourth-order valence-electron chi connectivity index (χ4n) is 4.23. The van der Waals surface area contributed by atoms with Crippen LogP contribution < -0.4 is 5.32 Å². The van der Waals surface area contributed by atoms with Crippen LogP contribution in [0.15, 0.2) is 24.8 Å². The van der Waals surface area contributed by atoms with Crippen molar-refractivity contribution in [1.29, 1.82) is 0 Å². The molecule has 4 atom stereocenters. The highest BCUT2D eigenvalue weighted by molar-refractivity contribution is 5.84. The van der Waals surface area contributed by atoms with E-state index in [0.717, 1.165) is 12.8 Å². The third kappa shape index (κ3) is 3.33. The molecule has 0 radical (unpaired) electrons. The van der Waals surface area contributed by atoms with Gasteiger partial charge in [0, 0.05) is 18.4 Å². The average molecular weight is 415 g/mol. The van der Waals surface area contributed by atoms with Gasteiger partial charge in [-0.15, -0.1) is 0 Å². The smallest absolute Gasteiger partial charge is 0.254 e. The van der Waals surface area contributed by atoms with Gasteiger partial charge in [0.2, 0.25) is 0 Å². The first-order valence-electron chi connectivity index (χ1n) is 10.3. The number of imidazole rings is 1. The van der Waals surface area contributed by atoms with Crippen LogP contribution in [-0.4, -0.2) is 75.6 Å². The molecule has 4 heterocycles. The zero-order valence-electron chi connectivity index (χ0n) is 16.4. The lowest BCUT2D eigenvalue weighted by Gasteiger charge is -2.23. The summed E-state index contributed by atoms with van der Waals surface area (Å²) >= 11 is 0. The monoisotopic (exact) mass is 415 g/mol. The maximum absolute atomic E-state index is 10.5. The summed E-state index contributed by atoms with van der Waals surface area (Å²) in [5.74, 6) is 0.960. The van der Waals surface area contributed by atoms with Crippen molar-refractivity contribution in [3.63, 3.8) is 0 Å². The normalized spacial score (nSPS) is 27.7. The summed E-state index contributed by atoms with van der Waals surface area (Å²) in [6.07, 6.45) is 6.40. The lowest BCUT2D eigenvalue weighted by molar-refractivity contribution is -0.0511. The van der Waals surface area contributed by atoms with Crippen LogP contribution >= 0.6 is 0 Å². The first-order valence-corrected chi connectivity index (χ1v) is 10.3. The lowest BCUT2D eigenvalue weighted by Crippen LogP contribution is -2.33. The topological polar surface area (TPSA) is 143 Å². The SMILES string of the molecule is OC[C@H]1OC(n2cnc3c(NC4CCCCC4)nc(-n4cccn4)nc32)[C@H](O)[C@@H]1O. The highest BCUT2D eigenvalue weighted by Crippen LogP contribution is 2.33. The molecule has 11 nitrogen and oxygen atoms in total. The molecule has 30 heavy (non-hydrogen) atoms. The van der Waals surface area contributed by atoms with Crippen molar-refractivity contribution >= 4 is 17.0 Å². The number of rotatable bonds is 5. The van der Waals surface area contributed by atoms with Crippen molar-refractivity contribution in [2.45, 2.75) is 62.7 Å². The third-order valence-corrected chi connectivity index (χ3v) is 5.86. The fourth-order valence-corrected chi connectivity index (χ4v) is 4.23. The van der Waals surface area contributed by atoms with Crippen LogP contribution in [0.5, 0.6) is 0 Å². The molecule has 5 rings (SSSR count). The van der Waals surface area contributed by atoms with Gasteiger partial charge in [-0.1, -0.05) is 19.3 Å². The number of anilines is 1. The Morgan fingerprint density at radius 1 is 1.13 bits per heavy atom. The van der Waals surface area contributed by atoms with Crippen molar-refractivity contribution < 1.29 is 20.1 Å². The Morgan fingerprint density at radius 3 is 2.67 bits per heavy atom. The van der Waals surface area contributed by atoms with E-state index in [-0.39, 0.29) is 0 Å². The molecular weight excluding hydrogens is 390 g/mol. The molecule has 4 N–H and O–H groups in total. The van der Waals surface area contributed by atoms with Crippen LogP contribution in [0.3, 0.4) is 0 Å². The van der Waals surface area contributed by atoms with E-state index in [1.807, 2.05) is 0 Å². The number of aromatic nitrogens is 6. The number of ether oxygens (including phenoxy) is 1. The number of nitrogens with zero attached hydrogens (tertiary/aromatic N) is 6. The van der Waals surface area contributed by atoms with Crippen LogP contribution in [0.2, 0.25) is 0 Å². The number of nitrogens with one attached hydrogen (secondary N) is 1. The zero-order chi connectivity index (χ0) is 20.7. The second-order valence-electron chi connectivity index (χ2n) is 7.86. The van der Waals surface area contributed by atoms with E-state index in [9.17, 15) is 15.3 Å². The molecule has 0 spiro atoms. The molecule has 160 valence electrons. The molecule has 3 aromatic rings. The molecule has 1 unspecified atom stereocenters. The molecule has 11 heteroatoms. The second-order valence-corrected chi connectivity index (χ2v) is 7.86. The van der Waals surface area contributed by atoms with E-state index in [0.29, 0.717) is 29.0 Å². The lowest BCUT2D eigenvalue weighted by atomic mass is 9.95. The fraction of sp³-hybridized carbons (Fsp3) is 0.579. The Labute approximate surface area is 172 Å². The molecule has 2 fully saturated rings. The Balaban J connectivity index is 1.58. The minimum atomic E-state index is -1.22. The Bertz CT molecular complexity index is 1000. The van der Waals surface area contributed by atoms with E-state index < -0.39 is 31.1 Å². The molecule has 0 bridgehead atoms. The molecule has 3 aromatic heterocycles. The van der Waals surface area contributed by atoms with Crippen molar-refractivity contribution in [1.82, 2.24) is 29.3 Å². The van der Waals surface area contributed by atoms with Crippen molar-refractivity contribution in [3.05, 3.63) is 24.8 Å². The molecule has 2 aliphatic rings. The Kier molecular flexibility index (Phi) is 5.11. The number of hydrogen-bond donors (Lipinski definition) is 4. The largest absolute Gasteiger partial charge is 0.394 e. The van der Waals surface area contributed by atoms with Crippen LogP contribution in [0.4, 0.5) is 5.82 Å². The predicted octanol–water partition coefficient (Wildman–Crippen LogP) is 0.368. The molecule has 0 aromatic carbocycles. The van der Waals surface area contributed by atoms with Gasteiger partial charge in [0.25, 0.3) is 5.95 Å². The molecule has 1 saturated heterocycles. The second kappa shape index (κ2) is 7.91. The number of aliphatic hydroxyl groups is 3. The number of fused-ring (bicyclic) bond motifs is 1. The summed E-state index contributed by atoms with van der Waals surface area (Å²) in [4.78, 5) is 13.7. The van der Waals surface area contributed by atoms with Crippen LogP contribution in [0.1, 0.15) is 38.3 Å². The summed E-state index contributed by atoms with van der Waals surface area (Å²) in [6, 6.07) is 2.09. The number of hydrogen-bond acceptors (Lipinski definition) is 9. The van der Waals surface area contributed by atoms with Gasteiger partial charge in [-0.2, -0.15) is 15.1 Å². The van der Waals surface area contributed by atoms with Crippen molar-refractivity contribution in [3.8, 4) is 5.95 Å². The molecule has 1 aliphatic heterocycles. The van der Waals surface area contributed by atoms with Gasteiger partial charge in [0.15, 0.2) is 23.2 Å². The highest BCUT2D eigenvalue weighted by Gasteiger charge is 2.44. The van der Waals surface area contributed by atoms with Crippen LogP contribution in [0.25, 0.3) is 17.1 Å². The number of aliphatic hydroxyl groups excluding tert-OH is 3. The van der Waals surface area contributed by atoms with Gasteiger partial charge >= 0.3 is 0 Å². The van der Waals surface area contributed by atoms with Crippen molar-refractivity contribution in [2.75, 3.05) is 11.9 Å². The molecule has 0 amide bonds. The van der Waals surface area contributed by atoms with Crippen LogP contribution in [0, 0.1) is 0 Å². The first kappa shape index (κ1) is 19.4. The Hall–Kier alpha value is -2.60. The summed E-state index contributed by atoms with van der Waals surface area (Å²) in [7, 11) is 0. The van der Waals surface area contributed by atoms with Gasteiger partial charge in [0.1, 0.15) is 18.3 Å². The first-order chi connectivity index (χ1) is 14.7. The maximum atomic E-state index is 10.5. The maximum Gasteiger partial charge on any atom is 0.254 e. The van der Waals surface area contributed by atoms with Gasteiger partial charge in [-0.3, -0.25) is 4.57 Å². The predicted molar refractivity (Wildman–Crippen MR) is 106 cm³/mol. The van der Waals surface area contributed by atoms with Crippen LogP contribution in [-0.2, 0) is 4.74 Å². The van der Waals surface area contributed by atoms with Crippen molar-refractivity contribution in [2.24, 2.45) is 0 Å². The summed E-state index contributed by atoms with van der Waals surface area (Å²) in [6.45, 7) is -0.399. The quantitative estimate of drug-likeness (QED) is 0.464. The van der Waals surface area contributed by atoms with Gasteiger partial charge in [0.05, 0.1) is 12.9 Å². The molecular formula is C19H25N7O4. The Morgan fingerprint density at radius 2 is 1.97 bits per heavy atom. The summed E-state index contributed by atoms with van der Waals surface area (Å²) in [5, 5.41) is 37.8. The standard InChI is InChI=1S/C19H25N7O4/c27-9-12-14(28)15(29)18(30-12)25-10-20-13-16(22-11-5-2-1-3-6-11)23-19(24-17(13)25)26-8-4-7-21-26/h4,7-8,10-12,14-15,18,27-29H,1-3,5-6,9H2,(H,22,23,24)/t12-,14-,15-,18?/m1/s1. The van der Waals surface area contributed by atoms with E-state index in [1.54, 1.807) is 27.7 Å². The minimum absolute atomic E-state index is 0.307. The van der Waals surface area contributed by atoms with Gasteiger partial charge in [-0.25, -0.2) is 9.67 Å². The zero-order valence-corrected chi connectivity index (χ0v) is 16.4.